The minimum absolute atomic E-state index is 0.970. The Balaban J connectivity index is 0.0000000882. The average Bonchev–Trinajstić information content (AvgIpc) is 1.63. The molecule has 0 bridgehead atoms. The Kier molecular flexibility index (Phi) is 16.9. The molecule has 24 aromatic rings. The van der Waals surface area contributed by atoms with Gasteiger partial charge in [0.05, 0.1) is 0 Å². The van der Waals surface area contributed by atoms with Crippen molar-refractivity contribution in [3.63, 3.8) is 0 Å². The highest BCUT2D eigenvalue weighted by molar-refractivity contribution is 7.27. The van der Waals surface area contributed by atoms with Crippen LogP contribution in [0.2, 0.25) is 0 Å². The molecule has 0 aliphatic rings. The molecule has 3 nitrogen and oxygen atoms in total. The third-order valence-electron chi connectivity index (χ3n) is 21.5. The summed E-state index contributed by atoms with van der Waals surface area (Å²) in [6.07, 6.45) is 0. The van der Waals surface area contributed by atoms with E-state index < -0.39 is 0 Å². The van der Waals surface area contributed by atoms with E-state index in [9.17, 15) is 0 Å². The van der Waals surface area contributed by atoms with Gasteiger partial charge in [0.25, 0.3) is 0 Å². The van der Waals surface area contributed by atoms with Gasteiger partial charge in [-0.15, -0.1) is 34.0 Å². The SMILES string of the molecule is Cc1cccc2c1oc1c3ccccc3ccc21.Cc1cccc2c1oc1cc3ccccc3cc12.Cc1cccc2c1oc1ccc3ccccc3c12.Cc1cccc2c1sc1c3ccccc3ccc21.Cc1cccc2c1sc1cc3ccccc3cc12.Cc1cccc2c1sc1ccc3ccccc3c12. The van der Waals surface area contributed by atoms with Gasteiger partial charge in [-0.25, -0.2) is 0 Å². The van der Waals surface area contributed by atoms with Crippen LogP contribution in [0.5, 0.6) is 0 Å². The lowest BCUT2D eigenvalue weighted by atomic mass is 10.0. The smallest absolute Gasteiger partial charge is 0.143 e. The minimum atomic E-state index is 0.970. The van der Waals surface area contributed by atoms with Crippen LogP contribution in [0.1, 0.15) is 33.4 Å². The normalized spacial score (nSPS) is 11.6. The molecule has 108 heavy (non-hydrogen) atoms. The summed E-state index contributed by atoms with van der Waals surface area (Å²) in [7, 11) is 0. The lowest BCUT2D eigenvalue weighted by molar-refractivity contribution is 0.666. The van der Waals surface area contributed by atoms with Gasteiger partial charge in [0, 0.05) is 98.2 Å². The molecule has 6 aromatic heterocycles. The standard InChI is InChI=1S/3C17H12O.3C17H12S/c1-11-5-4-8-14-15-9-12-6-2-3-7-13(12)10-16(15)18-17(11)14;1-11-5-4-8-14-16-13-7-3-2-6-12(13)9-10-15(16)18-17(11)14;1-11-5-4-8-14-15-10-9-12-6-2-3-7-13(12)17(15)18-16(11)14;1-11-5-4-8-14-15-9-12-6-2-3-7-13(12)10-16(15)18-17(11)14;1-11-5-4-8-14-16-13-7-3-2-6-12(13)9-10-15(16)18-17(11)14;1-11-5-4-8-14-15-10-9-12-6-2-3-7-13(12)17(15)18-16(11)14/h6*2-10H,1H3. The molecule has 0 radical (unpaired) electrons. The Labute approximate surface area is 636 Å². The first-order valence-electron chi connectivity index (χ1n) is 36.8. The zero-order valence-electron chi connectivity index (χ0n) is 60.6. The van der Waals surface area contributed by atoms with Gasteiger partial charge >= 0.3 is 0 Å². The number of thiophene rings is 3. The van der Waals surface area contributed by atoms with Gasteiger partial charge in [0.2, 0.25) is 0 Å². The first-order valence-corrected chi connectivity index (χ1v) is 39.3. The molecule has 0 aliphatic heterocycles. The fourth-order valence-electron chi connectivity index (χ4n) is 16.0. The van der Waals surface area contributed by atoms with Gasteiger partial charge in [-0.05, 0) is 177 Å². The van der Waals surface area contributed by atoms with E-state index in [0.29, 0.717) is 0 Å². The highest BCUT2D eigenvalue weighted by atomic mass is 32.1. The number of aryl methyl sites for hydroxylation is 6. The van der Waals surface area contributed by atoms with E-state index in [2.05, 4.69) is 369 Å². The number of hydrogen-bond acceptors (Lipinski definition) is 6. The highest BCUT2D eigenvalue weighted by Gasteiger charge is 2.17. The number of hydrogen-bond donors (Lipinski definition) is 0. The fraction of sp³-hybridized carbons (Fsp3) is 0.0588. The molecule has 0 spiro atoms. The summed E-state index contributed by atoms with van der Waals surface area (Å²) in [4.78, 5) is 0. The summed E-state index contributed by atoms with van der Waals surface area (Å²) in [5.74, 6) is 0. The van der Waals surface area contributed by atoms with E-state index in [0.717, 1.165) is 33.5 Å². The van der Waals surface area contributed by atoms with Crippen LogP contribution in [-0.2, 0) is 0 Å². The van der Waals surface area contributed by atoms with Crippen LogP contribution < -0.4 is 0 Å². The highest BCUT2D eigenvalue weighted by Crippen LogP contribution is 2.44. The van der Waals surface area contributed by atoms with Gasteiger partial charge in [-0.3, -0.25) is 0 Å². The molecule has 0 saturated heterocycles. The summed E-state index contributed by atoms with van der Waals surface area (Å²) in [5.41, 5.74) is 13.6. The van der Waals surface area contributed by atoms with Crippen molar-refractivity contribution >= 4 is 225 Å². The van der Waals surface area contributed by atoms with Crippen LogP contribution >= 0.6 is 34.0 Å². The number of benzene rings is 18. The Bertz CT molecular complexity index is 7130. The van der Waals surface area contributed by atoms with Gasteiger partial charge in [0.1, 0.15) is 33.5 Å². The molecule has 6 heteroatoms. The number of para-hydroxylation sites is 3. The largest absolute Gasteiger partial charge is 0.456 e. The minimum Gasteiger partial charge on any atom is -0.456 e. The topological polar surface area (TPSA) is 39.4 Å². The van der Waals surface area contributed by atoms with Crippen molar-refractivity contribution in [2.45, 2.75) is 41.5 Å². The van der Waals surface area contributed by atoms with Crippen molar-refractivity contribution in [2.75, 3.05) is 0 Å². The second kappa shape index (κ2) is 27.5. The van der Waals surface area contributed by atoms with E-state index >= 15 is 0 Å². The van der Waals surface area contributed by atoms with Crippen LogP contribution in [0.3, 0.4) is 0 Å². The number of fused-ring (bicyclic) bond motifs is 28. The van der Waals surface area contributed by atoms with Gasteiger partial charge < -0.3 is 13.3 Å². The molecule has 18 aromatic carbocycles. The van der Waals surface area contributed by atoms with Crippen molar-refractivity contribution in [3.8, 4) is 0 Å². The van der Waals surface area contributed by atoms with E-state index in [1.54, 1.807) is 0 Å². The van der Waals surface area contributed by atoms with Crippen LogP contribution in [0.4, 0.5) is 0 Å². The Morgan fingerprint density at radius 3 is 1.16 bits per heavy atom. The molecule has 516 valence electrons. The Morgan fingerprint density at radius 1 is 0.176 bits per heavy atom. The van der Waals surface area contributed by atoms with E-state index in [-0.39, 0.29) is 0 Å². The van der Waals surface area contributed by atoms with Crippen LogP contribution in [0.25, 0.3) is 191 Å². The van der Waals surface area contributed by atoms with E-state index in [1.165, 1.54) is 191 Å². The van der Waals surface area contributed by atoms with Crippen molar-refractivity contribution in [2.24, 2.45) is 0 Å². The number of rotatable bonds is 0. The maximum absolute atomic E-state index is 6.10. The average molecular weight is 1440 g/mol. The molecule has 0 fully saturated rings. The molecule has 0 aliphatic carbocycles. The van der Waals surface area contributed by atoms with E-state index in [1.807, 2.05) is 34.0 Å². The molecule has 24 rings (SSSR count). The van der Waals surface area contributed by atoms with Crippen LogP contribution in [0, 0.1) is 41.5 Å². The quantitative estimate of drug-likeness (QED) is 0.152. The second-order valence-corrected chi connectivity index (χ2v) is 31.5. The molecule has 6 heterocycles. The summed E-state index contributed by atoms with van der Waals surface area (Å²) < 4.78 is 26.5. The first-order chi connectivity index (χ1) is 53.0. The fourth-order valence-corrected chi connectivity index (χ4v) is 19.7. The summed E-state index contributed by atoms with van der Waals surface area (Å²) in [6, 6.07) is 116. The molecule has 0 unspecified atom stereocenters. The van der Waals surface area contributed by atoms with Gasteiger partial charge in [0.15, 0.2) is 0 Å². The van der Waals surface area contributed by atoms with Gasteiger partial charge in [-0.2, -0.15) is 0 Å². The predicted octanol–water partition coefficient (Wildman–Crippen LogP) is 31.7. The Hall–Kier alpha value is -12.4. The van der Waals surface area contributed by atoms with Crippen LogP contribution in [-0.4, -0.2) is 0 Å². The maximum Gasteiger partial charge on any atom is 0.143 e. The maximum atomic E-state index is 6.10. The van der Waals surface area contributed by atoms with Crippen LogP contribution in [0.15, 0.2) is 341 Å². The summed E-state index contributed by atoms with van der Waals surface area (Å²) in [5, 5.41) is 31.1. The summed E-state index contributed by atoms with van der Waals surface area (Å²) in [6.45, 7) is 12.8. The third-order valence-corrected chi connectivity index (χ3v) is 25.5. The van der Waals surface area contributed by atoms with Crippen molar-refractivity contribution < 1.29 is 13.3 Å². The monoisotopic (exact) mass is 1440 g/mol. The Morgan fingerprint density at radius 2 is 0.537 bits per heavy atom. The van der Waals surface area contributed by atoms with Crippen molar-refractivity contribution in [1.29, 1.82) is 0 Å². The predicted molar refractivity (Wildman–Crippen MR) is 473 cm³/mol. The molecule has 0 atom stereocenters. The zero-order valence-corrected chi connectivity index (χ0v) is 63.1. The van der Waals surface area contributed by atoms with E-state index in [4.69, 9.17) is 13.3 Å². The lowest BCUT2D eigenvalue weighted by Gasteiger charge is -2.00. The van der Waals surface area contributed by atoms with Crippen molar-refractivity contribution in [1.82, 2.24) is 0 Å². The third kappa shape index (κ3) is 11.7. The van der Waals surface area contributed by atoms with Gasteiger partial charge in [-0.1, -0.05) is 285 Å². The molecular formula is C102H72O3S3. The molecule has 0 saturated carbocycles. The lowest BCUT2D eigenvalue weighted by Crippen LogP contribution is -1.74. The molecule has 0 N–H and O–H groups in total. The number of furan rings is 3. The summed E-state index contributed by atoms with van der Waals surface area (Å²) >= 11 is 5.72. The first kappa shape index (κ1) is 66.3. The second-order valence-electron chi connectivity index (χ2n) is 28.4. The molecule has 0 amide bonds. The van der Waals surface area contributed by atoms with Crippen molar-refractivity contribution in [3.05, 3.63) is 361 Å². The molecular weight excluding hydrogens is 1370 g/mol. The zero-order chi connectivity index (χ0) is 72.7.